The van der Waals surface area contributed by atoms with E-state index in [1.165, 1.54) is 11.3 Å². The molecule has 0 radical (unpaired) electrons. The van der Waals surface area contributed by atoms with Gasteiger partial charge < -0.3 is 20.1 Å². The molecule has 1 aliphatic carbocycles. The fourth-order valence-electron chi connectivity index (χ4n) is 3.66. The van der Waals surface area contributed by atoms with E-state index in [2.05, 4.69) is 17.6 Å². The number of hydrogen-bond acceptors (Lipinski definition) is 5. The summed E-state index contributed by atoms with van der Waals surface area (Å²) in [6.07, 6.45) is 5.38. The van der Waals surface area contributed by atoms with Crippen molar-refractivity contribution >= 4 is 51.4 Å². The van der Waals surface area contributed by atoms with Gasteiger partial charge in [-0.15, -0.1) is 11.3 Å². The monoisotopic (exact) mass is 512 g/mol. The molecule has 1 aliphatic rings. The fourth-order valence-corrected chi connectivity index (χ4v) is 5.54. The Balaban J connectivity index is 1.74. The summed E-state index contributed by atoms with van der Waals surface area (Å²) in [4.78, 5) is 27.1. The van der Waals surface area contributed by atoms with Crippen LogP contribution in [0.15, 0.2) is 12.1 Å². The van der Waals surface area contributed by atoms with E-state index in [4.69, 9.17) is 32.7 Å². The van der Waals surface area contributed by atoms with Gasteiger partial charge in [-0.2, -0.15) is 0 Å². The molecule has 1 aromatic carbocycles. The zero-order valence-electron chi connectivity index (χ0n) is 19.0. The van der Waals surface area contributed by atoms with Crippen molar-refractivity contribution in [3.63, 3.8) is 0 Å². The van der Waals surface area contributed by atoms with Crippen molar-refractivity contribution in [2.75, 3.05) is 31.7 Å². The third kappa shape index (κ3) is 6.63. The highest BCUT2D eigenvalue weighted by Crippen LogP contribution is 2.40. The van der Waals surface area contributed by atoms with Crippen molar-refractivity contribution < 1.29 is 19.1 Å². The lowest BCUT2D eigenvalue weighted by atomic mass is 10.1. The maximum atomic E-state index is 13.0. The number of nitrogens with one attached hydrogen (secondary N) is 2. The Morgan fingerprint density at radius 3 is 2.52 bits per heavy atom. The van der Waals surface area contributed by atoms with Crippen LogP contribution in [0.25, 0.3) is 0 Å². The minimum Gasteiger partial charge on any atom is -0.490 e. The van der Waals surface area contributed by atoms with Crippen molar-refractivity contribution in [1.82, 2.24) is 5.32 Å². The van der Waals surface area contributed by atoms with E-state index in [0.29, 0.717) is 48.2 Å². The zero-order chi connectivity index (χ0) is 23.8. The molecular weight excluding hydrogens is 483 g/mol. The molecule has 180 valence electrons. The van der Waals surface area contributed by atoms with Crippen LogP contribution < -0.4 is 15.4 Å². The van der Waals surface area contributed by atoms with Crippen molar-refractivity contribution in [1.29, 1.82) is 0 Å². The van der Waals surface area contributed by atoms with Crippen molar-refractivity contribution in [3.05, 3.63) is 43.7 Å². The van der Waals surface area contributed by atoms with E-state index in [9.17, 15) is 9.59 Å². The lowest BCUT2D eigenvalue weighted by molar-refractivity contribution is 0.0944. The predicted octanol–water partition coefficient (Wildman–Crippen LogP) is 6.13. The second kappa shape index (κ2) is 12.6. The summed E-state index contributed by atoms with van der Waals surface area (Å²) in [6, 6.07) is 3.08. The Hall–Kier alpha value is -1.80. The van der Waals surface area contributed by atoms with Crippen LogP contribution in [-0.2, 0) is 17.6 Å². The molecule has 0 bridgehead atoms. The first-order valence-corrected chi connectivity index (χ1v) is 13.0. The summed E-state index contributed by atoms with van der Waals surface area (Å²) in [6.45, 7) is 6.28. The SMILES string of the molecule is CCCCOc1c(Cl)cc(C(=O)Nc2sc3c(c2C(=O)NCCCOCC)CCC3)cc1Cl. The van der Waals surface area contributed by atoms with Crippen LogP contribution in [0, 0.1) is 0 Å². The summed E-state index contributed by atoms with van der Waals surface area (Å²) in [7, 11) is 0. The number of thiophene rings is 1. The van der Waals surface area contributed by atoms with Gasteiger partial charge >= 0.3 is 0 Å². The molecule has 0 aliphatic heterocycles. The third-order valence-corrected chi connectivity index (χ3v) is 7.10. The topological polar surface area (TPSA) is 76.7 Å². The van der Waals surface area contributed by atoms with Crippen LogP contribution in [0.2, 0.25) is 10.0 Å². The highest BCUT2D eigenvalue weighted by Gasteiger charge is 2.28. The molecule has 0 fully saturated rings. The molecule has 2 amide bonds. The minimum atomic E-state index is -0.371. The van der Waals surface area contributed by atoms with Crippen LogP contribution in [0.3, 0.4) is 0 Å². The number of carbonyl (C=O) groups is 2. The largest absolute Gasteiger partial charge is 0.490 e. The number of hydrogen-bond donors (Lipinski definition) is 2. The number of amides is 2. The van der Waals surface area contributed by atoms with Gasteiger partial charge in [-0.3, -0.25) is 9.59 Å². The normalized spacial score (nSPS) is 12.5. The first kappa shape index (κ1) is 25.8. The molecule has 0 atom stereocenters. The van der Waals surface area contributed by atoms with E-state index in [1.54, 1.807) is 12.1 Å². The number of carbonyl (C=O) groups excluding carboxylic acids is 2. The second-order valence-electron chi connectivity index (χ2n) is 7.79. The van der Waals surface area contributed by atoms with Crippen molar-refractivity contribution in [3.8, 4) is 5.75 Å². The molecule has 0 saturated carbocycles. The van der Waals surface area contributed by atoms with Gasteiger partial charge in [-0.05, 0) is 56.7 Å². The van der Waals surface area contributed by atoms with E-state index in [0.717, 1.165) is 49.0 Å². The smallest absolute Gasteiger partial charge is 0.256 e. The fraction of sp³-hybridized carbons (Fsp3) is 0.500. The Morgan fingerprint density at radius 1 is 1.06 bits per heavy atom. The van der Waals surface area contributed by atoms with Gasteiger partial charge in [0.1, 0.15) is 5.00 Å². The minimum absolute atomic E-state index is 0.170. The first-order valence-electron chi connectivity index (χ1n) is 11.4. The van der Waals surface area contributed by atoms with Gasteiger partial charge in [-0.25, -0.2) is 0 Å². The molecule has 1 aromatic heterocycles. The van der Waals surface area contributed by atoms with Gasteiger partial charge in [0.25, 0.3) is 11.8 Å². The van der Waals surface area contributed by atoms with E-state index in [-0.39, 0.29) is 21.9 Å². The van der Waals surface area contributed by atoms with Gasteiger partial charge in [0.2, 0.25) is 0 Å². The predicted molar refractivity (Wildman–Crippen MR) is 135 cm³/mol. The lowest BCUT2D eigenvalue weighted by Crippen LogP contribution is -2.27. The van der Waals surface area contributed by atoms with E-state index >= 15 is 0 Å². The molecule has 1 heterocycles. The molecule has 0 unspecified atom stereocenters. The second-order valence-corrected chi connectivity index (χ2v) is 9.71. The molecule has 9 heteroatoms. The lowest BCUT2D eigenvalue weighted by Gasteiger charge is -2.12. The maximum Gasteiger partial charge on any atom is 0.256 e. The van der Waals surface area contributed by atoms with E-state index in [1.807, 2.05) is 6.92 Å². The highest BCUT2D eigenvalue weighted by atomic mass is 35.5. The van der Waals surface area contributed by atoms with Gasteiger partial charge in [0.15, 0.2) is 5.75 Å². The average molecular weight is 513 g/mol. The maximum absolute atomic E-state index is 13.0. The number of aryl methyl sites for hydroxylation is 1. The third-order valence-electron chi connectivity index (χ3n) is 5.34. The molecule has 33 heavy (non-hydrogen) atoms. The van der Waals surface area contributed by atoms with Crippen LogP contribution in [0.4, 0.5) is 5.00 Å². The summed E-state index contributed by atoms with van der Waals surface area (Å²) in [5.41, 5.74) is 1.91. The quantitative estimate of drug-likeness (QED) is 0.335. The molecule has 2 aromatic rings. The molecule has 0 saturated heterocycles. The van der Waals surface area contributed by atoms with Gasteiger partial charge in [-0.1, -0.05) is 36.5 Å². The summed E-state index contributed by atoms with van der Waals surface area (Å²) in [5.74, 6) is -0.160. The molecule has 2 N–H and O–H groups in total. The Labute approximate surface area is 208 Å². The van der Waals surface area contributed by atoms with Crippen LogP contribution in [0.1, 0.15) is 70.7 Å². The van der Waals surface area contributed by atoms with Crippen LogP contribution in [-0.4, -0.2) is 38.2 Å². The summed E-state index contributed by atoms with van der Waals surface area (Å²) < 4.78 is 11.0. The zero-order valence-corrected chi connectivity index (χ0v) is 21.4. The number of anilines is 1. The summed E-state index contributed by atoms with van der Waals surface area (Å²) in [5, 5.41) is 6.99. The molecule has 0 spiro atoms. The molecule has 3 rings (SSSR count). The van der Waals surface area contributed by atoms with Crippen molar-refractivity contribution in [2.24, 2.45) is 0 Å². The molecular formula is C24H30Cl2N2O4S. The number of unbranched alkanes of at least 4 members (excludes halogenated alkanes) is 1. The van der Waals surface area contributed by atoms with Gasteiger partial charge in [0, 0.05) is 30.2 Å². The number of ether oxygens (including phenoxy) is 2. The average Bonchev–Trinajstić information content (AvgIpc) is 3.36. The Bertz CT molecular complexity index is 970. The summed E-state index contributed by atoms with van der Waals surface area (Å²) >= 11 is 14.1. The number of rotatable bonds is 12. The number of halogens is 2. The Kier molecular flexibility index (Phi) is 9.86. The van der Waals surface area contributed by atoms with Crippen LogP contribution in [0.5, 0.6) is 5.75 Å². The number of fused-ring (bicyclic) bond motifs is 1. The Morgan fingerprint density at radius 2 is 1.82 bits per heavy atom. The van der Waals surface area contributed by atoms with E-state index < -0.39 is 0 Å². The number of benzene rings is 1. The highest BCUT2D eigenvalue weighted by molar-refractivity contribution is 7.17. The van der Waals surface area contributed by atoms with Crippen LogP contribution >= 0.6 is 34.5 Å². The van der Waals surface area contributed by atoms with Crippen molar-refractivity contribution in [2.45, 2.75) is 52.4 Å². The first-order chi connectivity index (χ1) is 16.0. The van der Waals surface area contributed by atoms with Gasteiger partial charge in [0.05, 0.1) is 22.2 Å². The standard InChI is InChI=1S/C24H30Cl2N2O4S/c1-3-5-12-32-21-17(25)13-15(14-18(21)26)22(29)28-24-20(16-8-6-9-19(16)33-24)23(30)27-10-7-11-31-4-2/h13-14H,3-12H2,1-2H3,(H,27,30)(H,28,29). The molecule has 6 nitrogen and oxygen atoms in total.